The minimum absolute atomic E-state index is 0.494. The fourth-order valence-electron chi connectivity index (χ4n) is 1.88. The van der Waals surface area contributed by atoms with Gasteiger partial charge in [-0.1, -0.05) is 13.3 Å². The number of likely N-dealkylation sites (tertiary alicyclic amines) is 1. The molecule has 14 heavy (non-hydrogen) atoms. The lowest BCUT2D eigenvalue weighted by Gasteiger charge is -2.14. The van der Waals surface area contributed by atoms with Gasteiger partial charge in [-0.3, -0.25) is 4.79 Å². The maximum absolute atomic E-state index is 11.4. The van der Waals surface area contributed by atoms with E-state index in [1.165, 1.54) is 7.11 Å². The maximum Gasteiger partial charge on any atom is 0.396 e. The van der Waals surface area contributed by atoms with Gasteiger partial charge < -0.3 is 9.64 Å². The summed E-state index contributed by atoms with van der Waals surface area (Å²) in [6.45, 7) is 3.53. The molecule has 4 nitrogen and oxygen atoms in total. The van der Waals surface area contributed by atoms with E-state index in [0.29, 0.717) is 19.0 Å². The molecule has 0 radical (unpaired) electrons. The molecular formula is C10H17NO3. The molecule has 0 bridgehead atoms. The van der Waals surface area contributed by atoms with Gasteiger partial charge in [0.15, 0.2) is 0 Å². The average Bonchev–Trinajstić information content (AvgIpc) is 2.64. The van der Waals surface area contributed by atoms with Crippen molar-refractivity contribution >= 4 is 11.9 Å². The van der Waals surface area contributed by atoms with Crippen LogP contribution in [-0.2, 0) is 14.3 Å². The zero-order valence-electron chi connectivity index (χ0n) is 8.78. The summed E-state index contributed by atoms with van der Waals surface area (Å²) in [5, 5.41) is 0. The SMILES string of the molecule is CCCC1CCN(C(=O)C(=O)OC)C1. The first-order valence-electron chi connectivity index (χ1n) is 5.06. The number of hydrogen-bond acceptors (Lipinski definition) is 3. The summed E-state index contributed by atoms with van der Waals surface area (Å²) in [6.07, 6.45) is 3.27. The van der Waals surface area contributed by atoms with E-state index in [9.17, 15) is 9.59 Å². The number of amides is 1. The summed E-state index contributed by atoms with van der Waals surface area (Å²) >= 11 is 0. The fourth-order valence-corrected chi connectivity index (χ4v) is 1.88. The number of ether oxygens (including phenoxy) is 1. The van der Waals surface area contributed by atoms with Crippen LogP contribution in [0, 0.1) is 5.92 Å². The highest BCUT2D eigenvalue weighted by atomic mass is 16.5. The first-order chi connectivity index (χ1) is 6.69. The Balaban J connectivity index is 2.41. The lowest BCUT2D eigenvalue weighted by molar-refractivity contribution is -0.157. The van der Waals surface area contributed by atoms with Crippen molar-refractivity contribution in [2.45, 2.75) is 26.2 Å². The van der Waals surface area contributed by atoms with Gasteiger partial charge in [0, 0.05) is 13.1 Å². The molecule has 0 aromatic rings. The molecule has 1 fully saturated rings. The van der Waals surface area contributed by atoms with Crippen molar-refractivity contribution < 1.29 is 14.3 Å². The van der Waals surface area contributed by atoms with Gasteiger partial charge in [-0.2, -0.15) is 0 Å². The van der Waals surface area contributed by atoms with Crippen LogP contribution in [-0.4, -0.2) is 37.0 Å². The zero-order chi connectivity index (χ0) is 10.6. The third kappa shape index (κ3) is 2.47. The number of carbonyl (C=O) groups excluding carboxylic acids is 2. The maximum atomic E-state index is 11.4. The van der Waals surface area contributed by atoms with Crippen LogP contribution in [0.15, 0.2) is 0 Å². The Morgan fingerprint density at radius 2 is 2.21 bits per heavy atom. The number of hydrogen-bond donors (Lipinski definition) is 0. The first-order valence-corrected chi connectivity index (χ1v) is 5.06. The van der Waals surface area contributed by atoms with Gasteiger partial charge in [0.05, 0.1) is 7.11 Å². The second kappa shape index (κ2) is 4.98. The van der Waals surface area contributed by atoms with Gasteiger partial charge in [-0.05, 0) is 18.8 Å². The highest BCUT2D eigenvalue weighted by molar-refractivity contribution is 6.32. The van der Waals surface area contributed by atoms with Gasteiger partial charge >= 0.3 is 11.9 Å². The van der Waals surface area contributed by atoms with Gasteiger partial charge in [-0.25, -0.2) is 4.79 Å². The predicted molar refractivity (Wildman–Crippen MR) is 51.6 cm³/mol. The topological polar surface area (TPSA) is 46.6 Å². The second-order valence-electron chi connectivity index (χ2n) is 3.69. The Bertz CT molecular complexity index is 227. The first kappa shape index (κ1) is 11.0. The fraction of sp³-hybridized carbons (Fsp3) is 0.800. The van der Waals surface area contributed by atoms with Crippen molar-refractivity contribution in [3.8, 4) is 0 Å². The van der Waals surface area contributed by atoms with Crippen LogP contribution in [0.4, 0.5) is 0 Å². The van der Waals surface area contributed by atoms with E-state index >= 15 is 0 Å². The van der Waals surface area contributed by atoms with Crippen LogP contribution in [0.2, 0.25) is 0 Å². The van der Waals surface area contributed by atoms with Crippen LogP contribution in [0.1, 0.15) is 26.2 Å². The average molecular weight is 199 g/mol. The van der Waals surface area contributed by atoms with Crippen LogP contribution >= 0.6 is 0 Å². The molecule has 0 saturated carbocycles. The third-order valence-electron chi connectivity index (χ3n) is 2.63. The van der Waals surface area contributed by atoms with Crippen molar-refractivity contribution in [2.75, 3.05) is 20.2 Å². The normalized spacial score (nSPS) is 21.0. The molecule has 0 aromatic heterocycles. The van der Waals surface area contributed by atoms with Gasteiger partial charge in [0.1, 0.15) is 0 Å². The molecule has 1 saturated heterocycles. The van der Waals surface area contributed by atoms with Gasteiger partial charge in [0.2, 0.25) is 0 Å². The molecule has 1 amide bonds. The van der Waals surface area contributed by atoms with Crippen molar-refractivity contribution in [2.24, 2.45) is 5.92 Å². The molecule has 4 heteroatoms. The molecule has 1 aliphatic rings. The number of carbonyl (C=O) groups is 2. The summed E-state index contributed by atoms with van der Waals surface area (Å²) in [5.41, 5.74) is 0. The second-order valence-corrected chi connectivity index (χ2v) is 3.69. The van der Waals surface area contributed by atoms with E-state index in [-0.39, 0.29) is 0 Å². The molecular weight excluding hydrogens is 182 g/mol. The summed E-state index contributed by atoms with van der Waals surface area (Å²) < 4.78 is 4.39. The number of esters is 1. The molecule has 0 aliphatic carbocycles. The Kier molecular flexibility index (Phi) is 3.92. The van der Waals surface area contributed by atoms with Crippen molar-refractivity contribution in [3.63, 3.8) is 0 Å². The van der Waals surface area contributed by atoms with Crippen LogP contribution in [0.5, 0.6) is 0 Å². The highest BCUT2D eigenvalue weighted by Gasteiger charge is 2.29. The molecule has 0 spiro atoms. The monoisotopic (exact) mass is 199 g/mol. The van der Waals surface area contributed by atoms with Crippen LogP contribution in [0.25, 0.3) is 0 Å². The number of nitrogens with zero attached hydrogens (tertiary/aromatic N) is 1. The minimum atomic E-state index is -0.748. The van der Waals surface area contributed by atoms with Crippen molar-refractivity contribution in [1.29, 1.82) is 0 Å². The molecule has 0 aromatic carbocycles. The van der Waals surface area contributed by atoms with E-state index in [1.807, 2.05) is 0 Å². The quantitative estimate of drug-likeness (QED) is 0.488. The van der Waals surface area contributed by atoms with E-state index in [4.69, 9.17) is 0 Å². The Labute approximate surface area is 84.2 Å². The predicted octanol–water partition coefficient (Wildman–Crippen LogP) is 0.808. The molecule has 80 valence electrons. The van der Waals surface area contributed by atoms with E-state index in [0.717, 1.165) is 19.3 Å². The molecule has 1 atom stereocenters. The minimum Gasteiger partial charge on any atom is -0.462 e. The standard InChI is InChI=1S/C10H17NO3/c1-3-4-8-5-6-11(7-8)9(12)10(13)14-2/h8H,3-7H2,1-2H3. The lowest BCUT2D eigenvalue weighted by atomic mass is 10.0. The van der Waals surface area contributed by atoms with Gasteiger partial charge in [-0.15, -0.1) is 0 Å². The van der Waals surface area contributed by atoms with E-state index in [1.54, 1.807) is 4.90 Å². The largest absolute Gasteiger partial charge is 0.462 e. The molecule has 1 aliphatic heterocycles. The smallest absolute Gasteiger partial charge is 0.396 e. The van der Waals surface area contributed by atoms with Crippen LogP contribution < -0.4 is 0 Å². The van der Waals surface area contributed by atoms with Crippen molar-refractivity contribution in [1.82, 2.24) is 4.90 Å². The molecule has 1 rings (SSSR count). The Morgan fingerprint density at radius 1 is 1.50 bits per heavy atom. The summed E-state index contributed by atoms with van der Waals surface area (Å²) in [4.78, 5) is 23.9. The van der Waals surface area contributed by atoms with Crippen molar-refractivity contribution in [3.05, 3.63) is 0 Å². The summed E-state index contributed by atoms with van der Waals surface area (Å²) in [6, 6.07) is 0. The summed E-state index contributed by atoms with van der Waals surface area (Å²) in [5.74, 6) is -0.679. The Morgan fingerprint density at radius 3 is 2.79 bits per heavy atom. The highest BCUT2D eigenvalue weighted by Crippen LogP contribution is 2.20. The number of methoxy groups -OCH3 is 1. The molecule has 0 N–H and O–H groups in total. The van der Waals surface area contributed by atoms with Gasteiger partial charge in [0.25, 0.3) is 0 Å². The number of rotatable bonds is 2. The lowest BCUT2D eigenvalue weighted by Crippen LogP contribution is -2.35. The third-order valence-corrected chi connectivity index (χ3v) is 2.63. The summed E-state index contributed by atoms with van der Waals surface area (Å²) in [7, 11) is 1.24. The van der Waals surface area contributed by atoms with E-state index < -0.39 is 11.9 Å². The van der Waals surface area contributed by atoms with Crippen LogP contribution in [0.3, 0.4) is 0 Å². The van der Waals surface area contributed by atoms with E-state index in [2.05, 4.69) is 11.7 Å². The molecule has 1 heterocycles. The Hall–Kier alpha value is -1.06. The zero-order valence-corrected chi connectivity index (χ0v) is 8.78. The molecule has 1 unspecified atom stereocenters.